The van der Waals surface area contributed by atoms with Crippen LogP contribution < -0.4 is 0 Å². The van der Waals surface area contributed by atoms with Crippen LogP contribution in [0.1, 0.15) is 46.0 Å². The van der Waals surface area contributed by atoms with Gasteiger partial charge in [-0.05, 0) is 12.8 Å². The van der Waals surface area contributed by atoms with Crippen molar-refractivity contribution < 1.29 is 0 Å². The molecule has 1 aliphatic carbocycles. The Morgan fingerprint density at radius 1 is 1.06 bits per heavy atom. The number of thioether (sulfide) groups is 1. The van der Waals surface area contributed by atoms with Crippen molar-refractivity contribution in [2.24, 2.45) is 5.92 Å². The summed E-state index contributed by atoms with van der Waals surface area (Å²) in [5.74, 6) is 0.278. The average Bonchev–Trinajstić information content (AvgIpc) is 2.52. The summed E-state index contributed by atoms with van der Waals surface area (Å²) in [4.78, 5) is 2.62. The zero-order valence-electron chi connectivity index (χ0n) is 11.1. The second-order valence-corrected chi connectivity index (χ2v) is 7.53. The van der Waals surface area contributed by atoms with Crippen LogP contribution in [0.15, 0.2) is 0 Å². The average molecular weight is 252 g/mol. The highest BCUT2D eigenvalue weighted by molar-refractivity contribution is 8.00. The Bertz CT molecular complexity index is 276. The van der Waals surface area contributed by atoms with Gasteiger partial charge in [0.2, 0.25) is 0 Å². The fourth-order valence-corrected chi connectivity index (χ4v) is 4.71. The molecule has 1 heterocycles. The molecule has 1 saturated carbocycles. The third-order valence-electron chi connectivity index (χ3n) is 4.06. The van der Waals surface area contributed by atoms with E-state index >= 15 is 0 Å². The highest BCUT2D eigenvalue weighted by atomic mass is 32.2. The second-order valence-electron chi connectivity index (χ2n) is 5.65. The Balaban J connectivity index is 2.04. The zero-order valence-corrected chi connectivity index (χ0v) is 11.9. The van der Waals surface area contributed by atoms with E-state index in [1.165, 1.54) is 38.8 Å². The summed E-state index contributed by atoms with van der Waals surface area (Å²) in [6, 6.07) is 3.11. The van der Waals surface area contributed by atoms with Crippen LogP contribution in [0.5, 0.6) is 0 Å². The summed E-state index contributed by atoms with van der Waals surface area (Å²) in [7, 11) is 0. The van der Waals surface area contributed by atoms with Crippen LogP contribution in [-0.2, 0) is 0 Å². The van der Waals surface area contributed by atoms with Gasteiger partial charge >= 0.3 is 0 Å². The largest absolute Gasteiger partial charge is 0.297 e. The van der Waals surface area contributed by atoms with Crippen LogP contribution in [0.25, 0.3) is 0 Å². The summed E-state index contributed by atoms with van der Waals surface area (Å²) in [5, 5.41) is 10.8. The molecule has 4 atom stereocenters. The molecule has 17 heavy (non-hydrogen) atoms. The first-order chi connectivity index (χ1) is 8.20. The molecule has 2 fully saturated rings. The molecule has 2 aliphatic rings. The Kier molecular flexibility index (Phi) is 4.76. The van der Waals surface area contributed by atoms with E-state index in [0.29, 0.717) is 6.04 Å². The first-order valence-electron chi connectivity index (χ1n) is 7.00. The van der Waals surface area contributed by atoms with Gasteiger partial charge in [0.15, 0.2) is 0 Å². The number of nitrogens with zero attached hydrogens (tertiary/aromatic N) is 2. The third kappa shape index (κ3) is 3.39. The molecule has 3 heteroatoms. The van der Waals surface area contributed by atoms with Crippen LogP contribution in [0.4, 0.5) is 0 Å². The molecule has 1 saturated heterocycles. The van der Waals surface area contributed by atoms with Crippen molar-refractivity contribution in [2.45, 2.75) is 62.5 Å². The van der Waals surface area contributed by atoms with Gasteiger partial charge in [0.1, 0.15) is 0 Å². The van der Waals surface area contributed by atoms with Crippen molar-refractivity contribution in [3.8, 4) is 6.07 Å². The number of hydrogen-bond acceptors (Lipinski definition) is 3. The Morgan fingerprint density at radius 3 is 2.35 bits per heavy atom. The van der Waals surface area contributed by atoms with E-state index in [9.17, 15) is 5.26 Å². The monoisotopic (exact) mass is 252 g/mol. The quantitative estimate of drug-likeness (QED) is 0.670. The molecule has 96 valence electrons. The summed E-state index contributed by atoms with van der Waals surface area (Å²) >= 11 is 2.10. The number of hydrogen-bond donors (Lipinski definition) is 0. The van der Waals surface area contributed by atoms with E-state index in [4.69, 9.17) is 0 Å². The van der Waals surface area contributed by atoms with Crippen LogP contribution in [0.2, 0.25) is 0 Å². The van der Waals surface area contributed by atoms with Gasteiger partial charge in [0.25, 0.3) is 0 Å². The molecule has 0 aromatic heterocycles. The predicted octanol–water partition coefficient (Wildman–Crippen LogP) is 3.28. The van der Waals surface area contributed by atoms with Crippen molar-refractivity contribution in [3.05, 3.63) is 0 Å². The van der Waals surface area contributed by atoms with Crippen molar-refractivity contribution in [1.82, 2.24) is 4.90 Å². The Labute approximate surface area is 110 Å². The van der Waals surface area contributed by atoms with Crippen LogP contribution in [0.3, 0.4) is 0 Å². The smallest absolute Gasteiger partial charge is 0.0672 e. The molecule has 0 spiro atoms. The minimum absolute atomic E-state index is 0.278. The number of rotatable bonds is 1. The lowest BCUT2D eigenvalue weighted by molar-refractivity contribution is 0.152. The fraction of sp³-hybridized carbons (Fsp3) is 0.929. The van der Waals surface area contributed by atoms with E-state index in [1.807, 2.05) is 0 Å². The molecule has 1 aliphatic heterocycles. The van der Waals surface area contributed by atoms with Gasteiger partial charge in [-0.25, -0.2) is 0 Å². The maximum atomic E-state index is 9.37. The second kappa shape index (κ2) is 6.11. The normalized spacial score (nSPS) is 40.5. The van der Waals surface area contributed by atoms with Gasteiger partial charge in [-0.3, -0.25) is 4.90 Å². The lowest BCUT2D eigenvalue weighted by Crippen LogP contribution is -2.48. The summed E-state index contributed by atoms with van der Waals surface area (Å²) < 4.78 is 0. The molecule has 0 radical (unpaired) electrons. The van der Waals surface area contributed by atoms with Crippen LogP contribution in [-0.4, -0.2) is 34.5 Å². The molecule has 0 amide bonds. The van der Waals surface area contributed by atoms with E-state index in [2.05, 4.69) is 36.6 Å². The minimum atomic E-state index is 0.278. The van der Waals surface area contributed by atoms with E-state index in [-0.39, 0.29) is 5.92 Å². The van der Waals surface area contributed by atoms with Gasteiger partial charge < -0.3 is 0 Å². The zero-order chi connectivity index (χ0) is 12.3. The minimum Gasteiger partial charge on any atom is -0.297 e. The third-order valence-corrected chi connectivity index (χ3v) is 5.29. The summed E-state index contributed by atoms with van der Waals surface area (Å²) in [6.07, 6.45) is 6.25. The topological polar surface area (TPSA) is 27.0 Å². The van der Waals surface area contributed by atoms with Gasteiger partial charge in [0.05, 0.1) is 12.0 Å². The molecule has 4 unspecified atom stereocenters. The van der Waals surface area contributed by atoms with E-state index in [1.54, 1.807) is 0 Å². The first-order valence-corrected chi connectivity index (χ1v) is 7.94. The maximum absolute atomic E-state index is 9.37. The highest BCUT2D eigenvalue weighted by Crippen LogP contribution is 2.32. The molecular formula is C14H24N2S. The Hall–Kier alpha value is -0.200. The van der Waals surface area contributed by atoms with E-state index < -0.39 is 0 Å². The van der Waals surface area contributed by atoms with Crippen LogP contribution >= 0.6 is 11.8 Å². The molecule has 0 N–H and O–H groups in total. The van der Waals surface area contributed by atoms with Gasteiger partial charge in [0, 0.05) is 29.6 Å². The summed E-state index contributed by atoms with van der Waals surface area (Å²) in [6.45, 7) is 7.01. The van der Waals surface area contributed by atoms with Gasteiger partial charge in [-0.15, -0.1) is 0 Å². The fourth-order valence-electron chi connectivity index (χ4n) is 3.36. The SMILES string of the molecule is CC1CN(C2CCCCCC2C#N)CC(C)S1. The van der Waals surface area contributed by atoms with E-state index in [0.717, 1.165) is 16.9 Å². The molecular weight excluding hydrogens is 228 g/mol. The van der Waals surface area contributed by atoms with Crippen molar-refractivity contribution in [3.63, 3.8) is 0 Å². The molecule has 0 bridgehead atoms. The maximum Gasteiger partial charge on any atom is 0.0672 e. The molecule has 2 nitrogen and oxygen atoms in total. The lowest BCUT2D eigenvalue weighted by atomic mass is 9.94. The lowest BCUT2D eigenvalue weighted by Gasteiger charge is -2.41. The highest BCUT2D eigenvalue weighted by Gasteiger charge is 2.33. The van der Waals surface area contributed by atoms with Gasteiger partial charge in [-0.2, -0.15) is 17.0 Å². The number of nitriles is 1. The first kappa shape index (κ1) is 13.2. The molecule has 0 aromatic rings. The predicted molar refractivity (Wildman–Crippen MR) is 74.1 cm³/mol. The summed E-state index contributed by atoms with van der Waals surface area (Å²) in [5.41, 5.74) is 0. The van der Waals surface area contributed by atoms with Crippen molar-refractivity contribution in [1.29, 1.82) is 5.26 Å². The Morgan fingerprint density at radius 2 is 1.71 bits per heavy atom. The molecule has 2 rings (SSSR count). The standard InChI is InChI=1S/C14H24N2S/c1-11-9-16(10-12(2)17-11)14-7-5-3-4-6-13(14)8-15/h11-14H,3-7,9-10H2,1-2H3. The van der Waals surface area contributed by atoms with Crippen molar-refractivity contribution in [2.75, 3.05) is 13.1 Å². The van der Waals surface area contributed by atoms with Gasteiger partial charge in [-0.1, -0.05) is 33.1 Å². The van der Waals surface area contributed by atoms with Crippen molar-refractivity contribution >= 4 is 11.8 Å². The van der Waals surface area contributed by atoms with Crippen LogP contribution in [0, 0.1) is 17.2 Å². The molecule has 0 aromatic carbocycles.